The van der Waals surface area contributed by atoms with Gasteiger partial charge in [0.1, 0.15) is 0 Å². The summed E-state index contributed by atoms with van der Waals surface area (Å²) in [4.78, 5) is 11.8. The number of hydrogen-bond acceptors (Lipinski definition) is 2. The average molecular weight is 273 g/mol. The Hall–Kier alpha value is -2.02. The normalized spacial score (nSPS) is 11.4. The highest BCUT2D eigenvalue weighted by molar-refractivity contribution is 5.89. The van der Waals surface area contributed by atoms with Gasteiger partial charge in [-0.3, -0.25) is 0 Å². The molecule has 0 saturated carbocycles. The maximum Gasteiger partial charge on any atom is 0.319 e. The molecule has 1 aromatic carbocycles. The second kappa shape index (κ2) is 8.98. The molecule has 0 aliphatic carbocycles. The molecule has 0 radical (unpaired) electrons. The summed E-state index contributed by atoms with van der Waals surface area (Å²) in [5.74, 6) is 0. The molecule has 0 heterocycles. The van der Waals surface area contributed by atoms with Gasteiger partial charge in [0.25, 0.3) is 0 Å². The molecule has 0 bridgehead atoms. The van der Waals surface area contributed by atoms with Crippen LogP contribution in [-0.4, -0.2) is 12.1 Å². The highest BCUT2D eigenvalue weighted by atomic mass is 16.2. The van der Waals surface area contributed by atoms with Gasteiger partial charge in [0, 0.05) is 11.7 Å². The highest BCUT2D eigenvalue weighted by Crippen LogP contribution is 2.10. The van der Waals surface area contributed by atoms with E-state index in [1.165, 1.54) is 19.3 Å². The van der Waals surface area contributed by atoms with E-state index in [4.69, 9.17) is 5.26 Å². The van der Waals surface area contributed by atoms with Crippen LogP contribution in [0.1, 0.15) is 51.5 Å². The Bertz CT molecular complexity index is 465. The van der Waals surface area contributed by atoms with E-state index in [-0.39, 0.29) is 12.1 Å². The van der Waals surface area contributed by atoms with Gasteiger partial charge in [0.2, 0.25) is 0 Å². The van der Waals surface area contributed by atoms with Crippen molar-refractivity contribution in [3.05, 3.63) is 29.8 Å². The summed E-state index contributed by atoms with van der Waals surface area (Å²) in [5, 5.41) is 14.5. The van der Waals surface area contributed by atoms with Crippen LogP contribution in [-0.2, 0) is 0 Å². The van der Waals surface area contributed by atoms with Gasteiger partial charge in [0.15, 0.2) is 0 Å². The Kier molecular flexibility index (Phi) is 7.20. The fourth-order valence-electron chi connectivity index (χ4n) is 2.01. The first kappa shape index (κ1) is 16.0. The van der Waals surface area contributed by atoms with Crippen LogP contribution < -0.4 is 10.6 Å². The van der Waals surface area contributed by atoms with Crippen LogP contribution in [0.25, 0.3) is 0 Å². The molecule has 0 aromatic heterocycles. The van der Waals surface area contributed by atoms with E-state index < -0.39 is 0 Å². The highest BCUT2D eigenvalue weighted by Gasteiger charge is 2.07. The Balaban J connectivity index is 2.33. The molecule has 2 amide bonds. The van der Waals surface area contributed by atoms with Gasteiger partial charge in [-0.25, -0.2) is 4.79 Å². The Morgan fingerprint density at radius 2 is 2.15 bits per heavy atom. The lowest BCUT2D eigenvalue weighted by atomic mass is 10.1. The van der Waals surface area contributed by atoms with Gasteiger partial charge >= 0.3 is 6.03 Å². The van der Waals surface area contributed by atoms with E-state index in [9.17, 15) is 4.79 Å². The number of unbranched alkanes of at least 4 members (excludes halogenated alkanes) is 3. The van der Waals surface area contributed by atoms with E-state index in [1.54, 1.807) is 24.3 Å². The number of amides is 2. The lowest BCUT2D eigenvalue weighted by molar-refractivity contribution is 0.248. The first-order valence-corrected chi connectivity index (χ1v) is 7.23. The summed E-state index contributed by atoms with van der Waals surface area (Å²) >= 11 is 0. The molecule has 1 aromatic rings. The molecule has 4 nitrogen and oxygen atoms in total. The first-order valence-electron chi connectivity index (χ1n) is 7.23. The van der Waals surface area contributed by atoms with Crippen LogP contribution in [0.15, 0.2) is 24.3 Å². The van der Waals surface area contributed by atoms with Crippen LogP contribution in [0.2, 0.25) is 0 Å². The molecule has 4 heteroatoms. The number of benzene rings is 1. The predicted octanol–water partition coefficient (Wildman–Crippen LogP) is 4.04. The van der Waals surface area contributed by atoms with Crippen molar-refractivity contribution in [3.63, 3.8) is 0 Å². The van der Waals surface area contributed by atoms with Gasteiger partial charge in [-0.2, -0.15) is 5.26 Å². The number of carbonyl (C=O) groups excluding carboxylic acids is 1. The Morgan fingerprint density at radius 3 is 2.85 bits per heavy atom. The molecule has 1 rings (SSSR count). The van der Waals surface area contributed by atoms with Crippen molar-refractivity contribution in [1.82, 2.24) is 5.32 Å². The van der Waals surface area contributed by atoms with Crippen LogP contribution >= 0.6 is 0 Å². The molecule has 1 unspecified atom stereocenters. The van der Waals surface area contributed by atoms with E-state index in [1.807, 2.05) is 13.0 Å². The third kappa shape index (κ3) is 6.24. The van der Waals surface area contributed by atoms with Crippen molar-refractivity contribution in [2.45, 2.75) is 52.0 Å². The quantitative estimate of drug-likeness (QED) is 0.736. The summed E-state index contributed by atoms with van der Waals surface area (Å²) in [6.07, 6.45) is 5.82. The smallest absolute Gasteiger partial charge is 0.319 e. The predicted molar refractivity (Wildman–Crippen MR) is 81.5 cm³/mol. The number of carbonyl (C=O) groups is 1. The lowest BCUT2D eigenvalue weighted by Gasteiger charge is -2.14. The van der Waals surface area contributed by atoms with E-state index in [2.05, 4.69) is 17.6 Å². The third-order valence-corrected chi connectivity index (χ3v) is 3.12. The standard InChI is InChI=1S/C16H23N3O/c1-3-4-5-6-8-13(2)18-16(20)19-15-10-7-9-14(11-15)12-17/h7,9-11,13H,3-6,8H2,1-2H3,(H2,18,19,20). The van der Waals surface area contributed by atoms with Crippen molar-refractivity contribution in [2.75, 3.05) is 5.32 Å². The number of nitrogens with zero attached hydrogens (tertiary/aromatic N) is 1. The van der Waals surface area contributed by atoms with Crippen molar-refractivity contribution < 1.29 is 4.79 Å². The third-order valence-electron chi connectivity index (χ3n) is 3.12. The van der Waals surface area contributed by atoms with E-state index in [0.29, 0.717) is 11.3 Å². The number of nitrogens with one attached hydrogen (secondary N) is 2. The summed E-state index contributed by atoms with van der Waals surface area (Å²) in [6.45, 7) is 4.20. The number of hydrogen-bond donors (Lipinski definition) is 2. The summed E-state index contributed by atoms with van der Waals surface area (Å²) < 4.78 is 0. The van der Waals surface area contributed by atoms with E-state index in [0.717, 1.165) is 12.8 Å². The molecule has 108 valence electrons. The van der Waals surface area contributed by atoms with Crippen molar-refractivity contribution in [1.29, 1.82) is 5.26 Å². The molecular formula is C16H23N3O. The molecular weight excluding hydrogens is 250 g/mol. The second-order valence-electron chi connectivity index (χ2n) is 5.04. The first-order chi connectivity index (χ1) is 9.65. The molecule has 0 aliphatic heterocycles. The zero-order valence-electron chi connectivity index (χ0n) is 12.3. The van der Waals surface area contributed by atoms with Gasteiger partial charge < -0.3 is 10.6 Å². The summed E-state index contributed by atoms with van der Waals surface area (Å²) in [6, 6.07) is 8.88. The summed E-state index contributed by atoms with van der Waals surface area (Å²) in [5.41, 5.74) is 1.18. The van der Waals surface area contributed by atoms with Gasteiger partial charge in [-0.15, -0.1) is 0 Å². The fraction of sp³-hybridized carbons (Fsp3) is 0.500. The zero-order valence-corrected chi connectivity index (χ0v) is 12.3. The molecule has 0 spiro atoms. The largest absolute Gasteiger partial charge is 0.335 e. The Labute approximate surface area is 121 Å². The topological polar surface area (TPSA) is 64.9 Å². The zero-order chi connectivity index (χ0) is 14.8. The van der Waals surface area contributed by atoms with Gasteiger partial charge in [-0.05, 0) is 31.5 Å². The van der Waals surface area contributed by atoms with Crippen LogP contribution in [0.5, 0.6) is 0 Å². The molecule has 1 atom stereocenters. The van der Waals surface area contributed by atoms with Crippen molar-refractivity contribution >= 4 is 11.7 Å². The lowest BCUT2D eigenvalue weighted by Crippen LogP contribution is -2.36. The average Bonchev–Trinajstić information content (AvgIpc) is 2.43. The van der Waals surface area contributed by atoms with Gasteiger partial charge in [0.05, 0.1) is 11.6 Å². The monoisotopic (exact) mass is 273 g/mol. The molecule has 0 aliphatic rings. The number of urea groups is 1. The molecule has 20 heavy (non-hydrogen) atoms. The van der Waals surface area contributed by atoms with Crippen LogP contribution in [0.4, 0.5) is 10.5 Å². The maximum atomic E-state index is 11.8. The molecule has 0 saturated heterocycles. The van der Waals surface area contributed by atoms with E-state index >= 15 is 0 Å². The second-order valence-corrected chi connectivity index (χ2v) is 5.04. The van der Waals surface area contributed by atoms with Crippen molar-refractivity contribution in [2.24, 2.45) is 0 Å². The number of anilines is 1. The fourth-order valence-corrected chi connectivity index (χ4v) is 2.01. The Morgan fingerprint density at radius 1 is 1.35 bits per heavy atom. The minimum absolute atomic E-state index is 0.158. The molecule has 2 N–H and O–H groups in total. The number of nitriles is 1. The molecule has 0 fully saturated rings. The van der Waals surface area contributed by atoms with Crippen molar-refractivity contribution in [3.8, 4) is 6.07 Å². The minimum Gasteiger partial charge on any atom is -0.335 e. The number of rotatable bonds is 7. The summed E-state index contributed by atoms with van der Waals surface area (Å²) in [7, 11) is 0. The van der Waals surface area contributed by atoms with Crippen LogP contribution in [0, 0.1) is 11.3 Å². The maximum absolute atomic E-state index is 11.8. The minimum atomic E-state index is -0.219. The van der Waals surface area contributed by atoms with Crippen LogP contribution in [0.3, 0.4) is 0 Å². The SMILES string of the molecule is CCCCCCC(C)NC(=O)Nc1cccc(C#N)c1. The van der Waals surface area contributed by atoms with Gasteiger partial charge in [-0.1, -0.05) is 38.7 Å².